The summed E-state index contributed by atoms with van der Waals surface area (Å²) in [5, 5.41) is 16.7. The normalized spacial score (nSPS) is 15.2. The highest BCUT2D eigenvalue weighted by Gasteiger charge is 2.27. The van der Waals surface area contributed by atoms with Gasteiger partial charge in [-0.1, -0.05) is 45.3 Å². The first-order valence-corrected chi connectivity index (χ1v) is 21.5. The molecule has 0 aliphatic carbocycles. The molecule has 11 nitrogen and oxygen atoms in total. The number of aromatic nitrogens is 4. The van der Waals surface area contributed by atoms with Crippen molar-refractivity contribution in [3.63, 3.8) is 0 Å². The lowest BCUT2D eigenvalue weighted by Crippen LogP contribution is -2.35. The van der Waals surface area contributed by atoms with Crippen molar-refractivity contribution >= 4 is 32.9 Å². The third-order valence-corrected chi connectivity index (χ3v) is 10.3. The van der Waals surface area contributed by atoms with Crippen molar-refractivity contribution < 1.29 is 19.1 Å². The molecule has 220 valence electrons. The third-order valence-electron chi connectivity index (χ3n) is 6.91. The summed E-state index contributed by atoms with van der Waals surface area (Å²) in [6.45, 7) is 19.5. The molecule has 13 heteroatoms. The lowest BCUT2D eigenvalue weighted by Gasteiger charge is -2.26. The van der Waals surface area contributed by atoms with Gasteiger partial charge in [-0.2, -0.15) is 5.10 Å². The van der Waals surface area contributed by atoms with Gasteiger partial charge in [0.1, 0.15) is 19.7 Å². The second kappa shape index (κ2) is 13.0. The zero-order chi connectivity index (χ0) is 28.9. The highest BCUT2D eigenvalue weighted by Crippen LogP contribution is 2.31. The summed E-state index contributed by atoms with van der Waals surface area (Å²) in [7, 11) is -2.51. The maximum atomic E-state index is 12.1. The number of imidazole rings is 1. The predicted molar refractivity (Wildman–Crippen MR) is 162 cm³/mol. The minimum Gasteiger partial charge on any atom is -0.379 e. The Balaban J connectivity index is 1.64. The van der Waals surface area contributed by atoms with E-state index in [-0.39, 0.29) is 24.8 Å². The molecular weight excluding hydrogens is 545 g/mol. The molecule has 40 heavy (non-hydrogen) atoms. The minimum absolute atomic E-state index is 0.0963. The van der Waals surface area contributed by atoms with Crippen LogP contribution in [0, 0.1) is 10.1 Å². The summed E-state index contributed by atoms with van der Waals surface area (Å²) in [5.41, 5.74) is 2.90. The molecule has 3 heterocycles. The van der Waals surface area contributed by atoms with Crippen LogP contribution in [0.15, 0.2) is 24.4 Å². The van der Waals surface area contributed by atoms with Gasteiger partial charge in [-0.25, -0.2) is 9.67 Å². The van der Waals surface area contributed by atoms with Crippen molar-refractivity contribution in [3.8, 4) is 11.5 Å². The molecule has 0 amide bonds. The summed E-state index contributed by atoms with van der Waals surface area (Å²) in [6.07, 6.45) is 1.43. The number of benzene rings is 1. The summed E-state index contributed by atoms with van der Waals surface area (Å²) in [6, 6.07) is 8.24. The lowest BCUT2D eigenvalue weighted by atomic mass is 10.2. The number of fused-ring (bicyclic) bond motifs is 1. The number of morpholine rings is 1. The summed E-state index contributed by atoms with van der Waals surface area (Å²) >= 11 is 0. The van der Waals surface area contributed by atoms with Crippen molar-refractivity contribution in [2.75, 3.05) is 39.5 Å². The van der Waals surface area contributed by atoms with Gasteiger partial charge >= 0.3 is 5.69 Å². The maximum Gasteiger partial charge on any atom is 0.318 e. The number of nitrogens with zero attached hydrogens (tertiary/aromatic N) is 6. The first-order valence-electron chi connectivity index (χ1n) is 14.1. The zero-order valence-corrected chi connectivity index (χ0v) is 26.8. The van der Waals surface area contributed by atoms with Crippen LogP contribution in [0.3, 0.4) is 0 Å². The molecule has 0 atom stereocenters. The van der Waals surface area contributed by atoms with Gasteiger partial charge in [-0.05, 0) is 29.8 Å². The molecule has 0 radical (unpaired) electrons. The SMILES string of the molecule is C[Si](C)(C)CCOCn1cc([N+](=O)[O-])c(-c2nc3cc(CN4CCOCC4)ccc3n2COCC[Si](C)(C)C)n1. The van der Waals surface area contributed by atoms with E-state index < -0.39 is 21.1 Å². The van der Waals surface area contributed by atoms with Gasteiger partial charge in [-0.15, -0.1) is 0 Å². The summed E-state index contributed by atoms with van der Waals surface area (Å²) in [5.74, 6) is 0.430. The molecule has 3 aromatic rings. The number of rotatable bonds is 14. The quantitative estimate of drug-likeness (QED) is 0.109. The van der Waals surface area contributed by atoms with Gasteiger partial charge in [0, 0.05) is 49.0 Å². The van der Waals surface area contributed by atoms with Gasteiger partial charge < -0.3 is 14.2 Å². The Kier molecular flexibility index (Phi) is 9.95. The van der Waals surface area contributed by atoms with Crippen LogP contribution in [0.4, 0.5) is 5.69 Å². The highest BCUT2D eigenvalue weighted by atomic mass is 28.3. The molecule has 2 aromatic heterocycles. The second-order valence-electron chi connectivity index (χ2n) is 12.9. The third kappa shape index (κ3) is 8.54. The van der Waals surface area contributed by atoms with E-state index >= 15 is 0 Å². The van der Waals surface area contributed by atoms with Gasteiger partial charge in [0.2, 0.25) is 5.69 Å². The molecule has 1 aliphatic rings. The maximum absolute atomic E-state index is 12.1. The van der Waals surface area contributed by atoms with Gasteiger partial charge in [-0.3, -0.25) is 19.6 Å². The topological polar surface area (TPSA) is 110 Å². The van der Waals surface area contributed by atoms with E-state index in [4.69, 9.17) is 19.2 Å². The smallest absolute Gasteiger partial charge is 0.318 e. The Morgan fingerprint density at radius 2 is 1.65 bits per heavy atom. The Labute approximate surface area is 238 Å². The molecule has 1 saturated heterocycles. The molecule has 1 aromatic carbocycles. The van der Waals surface area contributed by atoms with Crippen molar-refractivity contribution in [2.45, 2.75) is 71.4 Å². The number of ether oxygens (including phenoxy) is 3. The van der Waals surface area contributed by atoms with Crippen molar-refractivity contribution in [1.29, 1.82) is 0 Å². The van der Waals surface area contributed by atoms with Gasteiger partial charge in [0.25, 0.3) is 0 Å². The first-order chi connectivity index (χ1) is 18.9. The first kappa shape index (κ1) is 30.5. The van der Waals surface area contributed by atoms with Crippen LogP contribution in [0.2, 0.25) is 51.4 Å². The van der Waals surface area contributed by atoms with Crippen molar-refractivity contribution in [1.82, 2.24) is 24.2 Å². The summed E-state index contributed by atoms with van der Waals surface area (Å²) in [4.78, 5) is 18.9. The van der Waals surface area contributed by atoms with Crippen LogP contribution in [0.5, 0.6) is 0 Å². The van der Waals surface area contributed by atoms with Crippen LogP contribution >= 0.6 is 0 Å². The predicted octanol–water partition coefficient (Wildman–Crippen LogP) is 5.26. The van der Waals surface area contributed by atoms with E-state index in [1.54, 1.807) is 0 Å². The van der Waals surface area contributed by atoms with Crippen LogP contribution in [-0.4, -0.2) is 84.8 Å². The Hall–Kier alpha value is -2.43. The minimum atomic E-state index is -1.27. The Morgan fingerprint density at radius 3 is 2.27 bits per heavy atom. The molecule has 0 bridgehead atoms. The molecule has 0 unspecified atom stereocenters. The zero-order valence-electron chi connectivity index (χ0n) is 24.8. The molecule has 1 aliphatic heterocycles. The van der Waals surface area contributed by atoms with Crippen LogP contribution < -0.4 is 0 Å². The molecule has 4 rings (SSSR count). The molecule has 0 saturated carbocycles. The van der Waals surface area contributed by atoms with E-state index in [2.05, 4.69) is 61.4 Å². The fourth-order valence-corrected chi connectivity index (χ4v) is 5.96. The van der Waals surface area contributed by atoms with E-state index in [1.165, 1.54) is 10.9 Å². The van der Waals surface area contributed by atoms with Crippen molar-refractivity contribution in [3.05, 3.63) is 40.1 Å². The average molecular weight is 589 g/mol. The van der Waals surface area contributed by atoms with Crippen LogP contribution in [0.25, 0.3) is 22.6 Å². The largest absolute Gasteiger partial charge is 0.379 e. The number of nitro groups is 1. The monoisotopic (exact) mass is 588 g/mol. The van der Waals surface area contributed by atoms with E-state index in [9.17, 15) is 10.1 Å². The summed E-state index contributed by atoms with van der Waals surface area (Å²) < 4.78 is 20.8. The highest BCUT2D eigenvalue weighted by molar-refractivity contribution is 6.76. The lowest BCUT2D eigenvalue weighted by molar-refractivity contribution is -0.384. The van der Waals surface area contributed by atoms with Gasteiger partial charge in [0.05, 0.1) is 29.2 Å². The van der Waals surface area contributed by atoms with E-state index in [0.717, 1.165) is 61.5 Å². The number of hydrogen-bond donors (Lipinski definition) is 0. The fraction of sp³-hybridized carbons (Fsp3) is 0.630. The second-order valence-corrected chi connectivity index (χ2v) is 24.2. The Morgan fingerprint density at radius 1 is 1.00 bits per heavy atom. The molecule has 0 N–H and O–H groups in total. The Bertz CT molecular complexity index is 1290. The van der Waals surface area contributed by atoms with Crippen LogP contribution in [-0.2, 0) is 34.2 Å². The fourth-order valence-electron chi connectivity index (χ4n) is 4.44. The van der Waals surface area contributed by atoms with Gasteiger partial charge in [0.15, 0.2) is 5.82 Å². The van der Waals surface area contributed by atoms with E-state index in [0.29, 0.717) is 19.0 Å². The average Bonchev–Trinajstić information content (AvgIpc) is 3.45. The number of hydrogen-bond acceptors (Lipinski definition) is 8. The van der Waals surface area contributed by atoms with Crippen LogP contribution in [0.1, 0.15) is 5.56 Å². The molecular formula is C27H44N6O5Si2. The van der Waals surface area contributed by atoms with Crippen molar-refractivity contribution in [2.24, 2.45) is 0 Å². The standard InChI is InChI=1S/C27H44N6O5Si2/c1-39(2,3)15-13-37-20-31-19-25(33(34)35)26(29-31)27-28-23-17-22(18-30-9-11-36-12-10-30)7-8-24(23)32(27)21-38-14-16-40(4,5)6/h7-8,17,19H,9-16,18,20-21H2,1-6H3. The molecule has 0 spiro atoms. The molecule has 1 fully saturated rings. The van der Waals surface area contributed by atoms with E-state index in [1.807, 2.05) is 10.6 Å².